The maximum Gasteiger partial charge on any atom is 0.234 e. The van der Waals surface area contributed by atoms with Crippen molar-refractivity contribution in [2.45, 2.75) is 8.68 Å². The minimum Gasteiger partial charge on any atom is -0.325 e. The van der Waals surface area contributed by atoms with Crippen LogP contribution in [0.1, 0.15) is 10.4 Å². The Morgan fingerprint density at radius 3 is 2.26 bits per heavy atom. The highest BCUT2D eigenvalue weighted by Gasteiger charge is 2.12. The molecule has 0 unspecified atom stereocenters. The van der Waals surface area contributed by atoms with Gasteiger partial charge in [-0.3, -0.25) is 9.59 Å². The molecule has 0 bridgehead atoms. The molecule has 0 radical (unpaired) electrons. The molecule has 2 heterocycles. The van der Waals surface area contributed by atoms with Crippen LogP contribution in [0.25, 0.3) is 20.4 Å². The molecule has 0 aliphatic carbocycles. The molecule has 5 aromatic rings. The van der Waals surface area contributed by atoms with Crippen molar-refractivity contribution in [2.75, 3.05) is 16.8 Å². The quantitative estimate of drug-likeness (QED) is 0.151. The lowest BCUT2D eigenvalue weighted by Crippen LogP contribution is -2.13. The minimum absolute atomic E-state index is 0.0651. The van der Waals surface area contributed by atoms with Crippen LogP contribution in [0.15, 0.2) is 79.9 Å². The zero-order valence-electron chi connectivity index (χ0n) is 17.5. The zero-order valence-corrected chi connectivity index (χ0v) is 22.3. The molecule has 0 spiro atoms. The van der Waals surface area contributed by atoms with Crippen molar-refractivity contribution in [1.29, 1.82) is 0 Å². The first-order valence-corrected chi connectivity index (χ1v) is 14.5. The summed E-state index contributed by atoms with van der Waals surface area (Å²) in [4.78, 5) is 34.0. The lowest BCUT2D eigenvalue weighted by Gasteiger charge is -2.03. The zero-order chi connectivity index (χ0) is 23.5. The smallest absolute Gasteiger partial charge is 0.234 e. The van der Waals surface area contributed by atoms with Gasteiger partial charge in [-0.05, 0) is 42.5 Å². The summed E-state index contributed by atoms with van der Waals surface area (Å²) >= 11 is 9.36. The number of thiazole rings is 2. The Balaban J connectivity index is 1.18. The number of carbonyl (C=O) groups excluding carboxylic acids is 2. The summed E-state index contributed by atoms with van der Waals surface area (Å²) in [6.07, 6.45) is 0. The van der Waals surface area contributed by atoms with Gasteiger partial charge in [-0.2, -0.15) is 0 Å². The predicted octanol–water partition coefficient (Wildman–Crippen LogP) is 7.37. The van der Waals surface area contributed by atoms with E-state index in [0.717, 1.165) is 39.3 Å². The van der Waals surface area contributed by atoms with Crippen molar-refractivity contribution < 1.29 is 9.59 Å². The number of hydrogen-bond donors (Lipinski definition) is 1. The van der Waals surface area contributed by atoms with Gasteiger partial charge in [-0.15, -0.1) is 22.7 Å². The number of benzene rings is 3. The Bertz CT molecular complexity index is 1460. The van der Waals surface area contributed by atoms with E-state index in [0.29, 0.717) is 17.1 Å². The van der Waals surface area contributed by atoms with Crippen LogP contribution in [-0.4, -0.2) is 33.2 Å². The molecule has 0 atom stereocenters. The van der Waals surface area contributed by atoms with Crippen LogP contribution in [0.4, 0.5) is 5.69 Å². The van der Waals surface area contributed by atoms with E-state index < -0.39 is 0 Å². The number of nitrogens with one attached hydrogen (secondary N) is 1. The van der Waals surface area contributed by atoms with Gasteiger partial charge in [0.05, 0.1) is 31.9 Å². The third-order valence-corrected chi connectivity index (χ3v) is 9.62. The van der Waals surface area contributed by atoms with Crippen LogP contribution in [-0.2, 0) is 4.79 Å². The Labute approximate surface area is 220 Å². The highest BCUT2D eigenvalue weighted by atomic mass is 79.9. The monoisotopic (exact) mass is 585 g/mol. The van der Waals surface area contributed by atoms with Gasteiger partial charge in [0.2, 0.25) is 5.91 Å². The first-order valence-electron chi connectivity index (χ1n) is 10.1. The summed E-state index contributed by atoms with van der Waals surface area (Å²) in [6.45, 7) is 0. The van der Waals surface area contributed by atoms with Crippen LogP contribution >= 0.6 is 62.1 Å². The second-order valence-electron chi connectivity index (χ2n) is 7.17. The molecule has 10 heteroatoms. The molecule has 0 fully saturated rings. The van der Waals surface area contributed by atoms with Gasteiger partial charge in [-0.25, -0.2) is 9.97 Å². The largest absolute Gasteiger partial charge is 0.325 e. The number of nitrogens with zero attached hydrogens (tertiary/aromatic N) is 2. The molecule has 0 saturated carbocycles. The topological polar surface area (TPSA) is 72.0 Å². The average molecular weight is 587 g/mol. The molecule has 34 heavy (non-hydrogen) atoms. The van der Waals surface area contributed by atoms with E-state index >= 15 is 0 Å². The normalized spacial score (nSPS) is 11.2. The number of fused-ring (bicyclic) bond motifs is 2. The fourth-order valence-electron chi connectivity index (χ4n) is 3.13. The maximum absolute atomic E-state index is 12.5. The first kappa shape index (κ1) is 23.5. The summed E-state index contributed by atoms with van der Waals surface area (Å²) < 4.78 is 4.74. The summed E-state index contributed by atoms with van der Waals surface area (Å²) in [5, 5.41) is 2.95. The lowest BCUT2D eigenvalue weighted by molar-refractivity contribution is -0.113. The SMILES string of the molecule is O=C(CSc1nc2ccccc2s1)Nc1ccc2nc(SCC(=O)c3ccc(Br)cc3)sc2c1. The summed E-state index contributed by atoms with van der Waals surface area (Å²) in [5.41, 5.74) is 3.22. The molecule has 5 nitrogen and oxygen atoms in total. The van der Waals surface area contributed by atoms with Crippen molar-refractivity contribution in [3.05, 3.63) is 76.8 Å². The van der Waals surface area contributed by atoms with Crippen molar-refractivity contribution in [2.24, 2.45) is 0 Å². The third kappa shape index (κ3) is 5.69. The van der Waals surface area contributed by atoms with Crippen molar-refractivity contribution >= 4 is 99.9 Å². The molecule has 0 aliphatic rings. The van der Waals surface area contributed by atoms with Crippen molar-refractivity contribution in [1.82, 2.24) is 9.97 Å². The Hall–Kier alpha value is -2.24. The number of anilines is 1. The van der Waals surface area contributed by atoms with Gasteiger partial charge in [0.25, 0.3) is 0 Å². The maximum atomic E-state index is 12.5. The number of rotatable bonds is 8. The highest BCUT2D eigenvalue weighted by Crippen LogP contribution is 2.32. The number of thioether (sulfide) groups is 2. The number of ketones is 1. The lowest BCUT2D eigenvalue weighted by atomic mass is 10.2. The molecular formula is C24H16BrN3O2S4. The highest BCUT2D eigenvalue weighted by molar-refractivity contribution is 9.10. The molecule has 1 amide bonds. The average Bonchev–Trinajstić information content (AvgIpc) is 3.44. The summed E-state index contributed by atoms with van der Waals surface area (Å²) in [6, 6.07) is 21.0. The van der Waals surface area contributed by atoms with Crippen LogP contribution in [0.5, 0.6) is 0 Å². The molecule has 2 aromatic heterocycles. The summed E-state index contributed by atoms with van der Waals surface area (Å²) in [7, 11) is 0. The van der Waals surface area contributed by atoms with Gasteiger partial charge < -0.3 is 5.32 Å². The van der Waals surface area contributed by atoms with E-state index in [1.165, 1.54) is 34.9 Å². The number of hydrogen-bond acceptors (Lipinski definition) is 8. The molecule has 5 rings (SSSR count). The molecule has 3 aromatic carbocycles. The van der Waals surface area contributed by atoms with Gasteiger partial charge in [0.1, 0.15) is 0 Å². The number of para-hydroxylation sites is 1. The van der Waals surface area contributed by atoms with Gasteiger partial charge in [-0.1, -0.05) is 63.7 Å². The van der Waals surface area contributed by atoms with E-state index in [4.69, 9.17) is 0 Å². The van der Waals surface area contributed by atoms with E-state index in [1.54, 1.807) is 11.3 Å². The van der Waals surface area contributed by atoms with E-state index in [-0.39, 0.29) is 11.7 Å². The summed E-state index contributed by atoms with van der Waals surface area (Å²) in [5.74, 6) is 0.603. The number of halogens is 1. The number of Topliss-reactive ketones (excluding diaryl/α,β-unsaturated/α-hetero) is 1. The molecule has 170 valence electrons. The van der Waals surface area contributed by atoms with Gasteiger partial charge in [0.15, 0.2) is 14.5 Å². The predicted molar refractivity (Wildman–Crippen MR) is 148 cm³/mol. The number of carbonyl (C=O) groups is 2. The number of amides is 1. The molecule has 0 saturated heterocycles. The second kappa shape index (κ2) is 10.6. The van der Waals surface area contributed by atoms with Crippen molar-refractivity contribution in [3.8, 4) is 0 Å². The molecule has 0 aliphatic heterocycles. The van der Waals surface area contributed by atoms with Crippen LogP contribution in [0.2, 0.25) is 0 Å². The molecular weight excluding hydrogens is 570 g/mol. The van der Waals surface area contributed by atoms with Gasteiger partial charge >= 0.3 is 0 Å². The second-order valence-corrected chi connectivity index (χ2v) is 12.6. The standard InChI is InChI=1S/C24H16BrN3O2S4/c25-15-7-5-14(6-8-15)19(29)12-31-23-28-18-10-9-16(11-21(18)34-23)26-22(30)13-32-24-27-17-3-1-2-4-20(17)33-24/h1-11H,12-13H2,(H,26,30). The Morgan fingerprint density at radius 1 is 0.824 bits per heavy atom. The Kier molecular flexibility index (Phi) is 7.31. The van der Waals surface area contributed by atoms with Crippen LogP contribution < -0.4 is 5.32 Å². The fourth-order valence-corrected chi connectivity index (χ4v) is 7.26. The third-order valence-electron chi connectivity index (χ3n) is 4.75. The number of aromatic nitrogens is 2. The minimum atomic E-state index is -0.0807. The van der Waals surface area contributed by atoms with E-state index in [1.807, 2.05) is 66.7 Å². The van der Waals surface area contributed by atoms with E-state index in [2.05, 4.69) is 31.2 Å². The molecule has 1 N–H and O–H groups in total. The van der Waals surface area contributed by atoms with E-state index in [9.17, 15) is 9.59 Å². The van der Waals surface area contributed by atoms with Crippen LogP contribution in [0.3, 0.4) is 0 Å². The first-order chi connectivity index (χ1) is 16.5. The van der Waals surface area contributed by atoms with Gasteiger partial charge in [0, 0.05) is 15.7 Å². The van der Waals surface area contributed by atoms with Crippen molar-refractivity contribution in [3.63, 3.8) is 0 Å². The fraction of sp³-hybridized carbons (Fsp3) is 0.0833. The Morgan fingerprint density at radius 2 is 1.50 bits per heavy atom. The van der Waals surface area contributed by atoms with Crippen LogP contribution in [0, 0.1) is 0 Å².